The Kier molecular flexibility index (Phi) is 3.48. The molecule has 4 rings (SSSR count). The first kappa shape index (κ1) is 16.8. The molecule has 0 aromatic rings. The minimum absolute atomic E-state index is 0.221. The summed E-state index contributed by atoms with van der Waals surface area (Å²) in [5.74, 6) is -14.1. The lowest BCUT2D eigenvalue weighted by molar-refractivity contribution is -0.344. The first-order valence-corrected chi connectivity index (χ1v) is 7.51. The molecule has 0 aromatic heterocycles. The number of hydrogen-bond acceptors (Lipinski definition) is 1. The van der Waals surface area contributed by atoms with Crippen molar-refractivity contribution in [1.29, 1.82) is 0 Å². The van der Waals surface area contributed by atoms with Crippen molar-refractivity contribution >= 4 is 5.91 Å². The summed E-state index contributed by atoms with van der Waals surface area (Å²) in [6.45, 7) is 0. The fourth-order valence-electron chi connectivity index (χ4n) is 4.90. The van der Waals surface area contributed by atoms with Gasteiger partial charge in [-0.1, -0.05) is 0 Å². The normalized spacial score (nSPS) is 37.1. The van der Waals surface area contributed by atoms with E-state index < -0.39 is 29.5 Å². The van der Waals surface area contributed by atoms with Gasteiger partial charge in [-0.2, -0.15) is 30.7 Å². The fraction of sp³-hybridized carbons (Fsp3) is 0.929. The fourth-order valence-corrected chi connectivity index (χ4v) is 4.90. The van der Waals surface area contributed by atoms with Crippen LogP contribution in [0.4, 0.5) is 30.7 Å². The molecule has 4 aliphatic rings. The number of rotatable bonds is 3. The molecule has 0 unspecified atom stereocenters. The number of carbonyl (C=O) groups excluding carboxylic acids is 1. The van der Waals surface area contributed by atoms with Gasteiger partial charge in [0.05, 0.1) is 0 Å². The van der Waals surface area contributed by atoms with Gasteiger partial charge in [0.2, 0.25) is 0 Å². The second-order valence-corrected chi connectivity index (χ2v) is 7.30. The van der Waals surface area contributed by atoms with Crippen LogP contribution in [0.1, 0.15) is 38.5 Å². The topological polar surface area (TPSA) is 29.1 Å². The molecule has 4 fully saturated rings. The summed E-state index contributed by atoms with van der Waals surface area (Å²) in [4.78, 5) is 11.6. The molecule has 1 N–H and O–H groups in total. The third kappa shape index (κ3) is 2.50. The van der Waals surface area contributed by atoms with Gasteiger partial charge in [0, 0.05) is 5.54 Å². The average Bonchev–Trinajstić information content (AvgIpc) is 2.34. The van der Waals surface area contributed by atoms with E-state index in [1.165, 1.54) is 0 Å². The monoisotopic (exact) mass is 347 g/mol. The predicted molar refractivity (Wildman–Crippen MR) is 65.0 cm³/mol. The number of nitrogens with one attached hydrogen (secondary N) is 1. The smallest absolute Gasteiger partial charge is 0.345 e. The molecule has 0 saturated heterocycles. The van der Waals surface area contributed by atoms with Crippen LogP contribution in [0.5, 0.6) is 0 Å². The molecule has 4 aliphatic carbocycles. The Morgan fingerprint density at radius 3 is 1.57 bits per heavy atom. The molecular weight excluding hydrogens is 331 g/mol. The molecule has 0 radical (unpaired) electrons. The van der Waals surface area contributed by atoms with Gasteiger partial charge in [-0.3, -0.25) is 4.79 Å². The number of halogens is 7. The Bertz CT molecular complexity index is 478. The number of alkyl halides is 7. The summed E-state index contributed by atoms with van der Waals surface area (Å²) in [6.07, 6.45) is -2.65. The Balaban J connectivity index is 1.79. The zero-order valence-corrected chi connectivity index (χ0v) is 12.0. The third-order valence-corrected chi connectivity index (χ3v) is 5.45. The van der Waals surface area contributed by atoms with Crippen molar-refractivity contribution < 1.29 is 35.5 Å². The van der Waals surface area contributed by atoms with Crippen molar-refractivity contribution in [2.75, 3.05) is 0 Å². The van der Waals surface area contributed by atoms with E-state index >= 15 is 0 Å². The van der Waals surface area contributed by atoms with E-state index in [4.69, 9.17) is 0 Å². The minimum Gasteiger partial charge on any atom is -0.345 e. The molecule has 23 heavy (non-hydrogen) atoms. The van der Waals surface area contributed by atoms with Crippen molar-refractivity contribution in [2.24, 2.45) is 17.8 Å². The summed E-state index contributed by atoms with van der Waals surface area (Å²) >= 11 is 0. The Hall–Kier alpha value is -1.02. The highest BCUT2D eigenvalue weighted by atomic mass is 19.4. The van der Waals surface area contributed by atoms with Crippen molar-refractivity contribution in [1.82, 2.24) is 5.32 Å². The van der Waals surface area contributed by atoms with E-state index in [0.29, 0.717) is 19.3 Å². The Labute approximate surface area is 127 Å². The Morgan fingerprint density at radius 2 is 1.22 bits per heavy atom. The van der Waals surface area contributed by atoms with E-state index in [1.54, 1.807) is 0 Å². The first-order chi connectivity index (χ1) is 10.4. The number of amides is 1. The molecule has 0 aliphatic heterocycles. The van der Waals surface area contributed by atoms with E-state index in [1.807, 2.05) is 5.32 Å². The lowest BCUT2D eigenvalue weighted by Gasteiger charge is -2.57. The van der Waals surface area contributed by atoms with Crippen LogP contribution < -0.4 is 5.32 Å². The van der Waals surface area contributed by atoms with Crippen LogP contribution in [0.2, 0.25) is 0 Å². The predicted octanol–water partition coefficient (Wildman–Crippen LogP) is 3.90. The molecule has 0 heterocycles. The standard InChI is InChI=1S/C14H16F7NO/c15-12(16,13(17,18)14(19,20)21)10(23)22-11-4-7-1-8(5-11)3-9(2-7)6-11/h7-9H,1-6H2,(H,22,23). The van der Waals surface area contributed by atoms with Gasteiger partial charge in [-0.25, -0.2) is 0 Å². The van der Waals surface area contributed by atoms with Gasteiger partial charge in [-0.15, -0.1) is 0 Å². The molecule has 0 atom stereocenters. The van der Waals surface area contributed by atoms with E-state index in [0.717, 1.165) is 19.3 Å². The lowest BCUT2D eigenvalue weighted by Crippen LogP contribution is -2.66. The molecule has 0 aromatic carbocycles. The third-order valence-electron chi connectivity index (χ3n) is 5.45. The summed E-state index contributed by atoms with van der Waals surface area (Å²) in [5.41, 5.74) is -1.06. The van der Waals surface area contributed by atoms with E-state index in [-0.39, 0.29) is 17.8 Å². The maximum absolute atomic E-state index is 13.5. The van der Waals surface area contributed by atoms with Crippen LogP contribution in [-0.2, 0) is 4.79 Å². The summed E-state index contributed by atoms with van der Waals surface area (Å²) in [5, 5.41) is 1.87. The van der Waals surface area contributed by atoms with Gasteiger partial charge in [-0.05, 0) is 56.3 Å². The zero-order chi connectivity index (χ0) is 17.3. The van der Waals surface area contributed by atoms with Gasteiger partial charge < -0.3 is 5.32 Å². The minimum atomic E-state index is -6.49. The maximum Gasteiger partial charge on any atom is 0.460 e. The van der Waals surface area contributed by atoms with Gasteiger partial charge in [0.1, 0.15) is 0 Å². The quantitative estimate of drug-likeness (QED) is 0.771. The van der Waals surface area contributed by atoms with Crippen LogP contribution in [-0.4, -0.2) is 29.5 Å². The molecule has 2 nitrogen and oxygen atoms in total. The van der Waals surface area contributed by atoms with Gasteiger partial charge >= 0.3 is 18.0 Å². The van der Waals surface area contributed by atoms with Crippen molar-refractivity contribution in [3.05, 3.63) is 0 Å². The first-order valence-electron chi connectivity index (χ1n) is 7.51. The second kappa shape index (κ2) is 4.75. The molecular formula is C14H16F7NO. The highest BCUT2D eigenvalue weighted by Crippen LogP contribution is 2.56. The average molecular weight is 347 g/mol. The number of carbonyl (C=O) groups is 1. The van der Waals surface area contributed by atoms with Crippen molar-refractivity contribution in [2.45, 2.75) is 62.1 Å². The highest BCUT2D eigenvalue weighted by Gasteiger charge is 2.76. The SMILES string of the molecule is O=C(NC12CC3CC(CC(C3)C1)C2)C(F)(F)C(F)(F)C(F)(F)F. The molecule has 0 spiro atoms. The number of hydrogen-bond donors (Lipinski definition) is 1. The summed E-state index contributed by atoms with van der Waals surface area (Å²) < 4.78 is 89.5. The molecule has 4 saturated carbocycles. The van der Waals surface area contributed by atoms with E-state index in [2.05, 4.69) is 0 Å². The second-order valence-electron chi connectivity index (χ2n) is 7.30. The highest BCUT2D eigenvalue weighted by molar-refractivity contribution is 5.85. The summed E-state index contributed by atoms with van der Waals surface area (Å²) in [6, 6.07) is 0. The van der Waals surface area contributed by atoms with Crippen molar-refractivity contribution in [3.8, 4) is 0 Å². The van der Waals surface area contributed by atoms with E-state index in [9.17, 15) is 35.5 Å². The Morgan fingerprint density at radius 1 is 0.826 bits per heavy atom. The molecule has 1 amide bonds. The van der Waals surface area contributed by atoms with Gasteiger partial charge in [0.25, 0.3) is 5.91 Å². The van der Waals surface area contributed by atoms with Crippen LogP contribution in [0, 0.1) is 17.8 Å². The van der Waals surface area contributed by atoms with Crippen LogP contribution >= 0.6 is 0 Å². The zero-order valence-electron chi connectivity index (χ0n) is 12.0. The van der Waals surface area contributed by atoms with Crippen LogP contribution in [0.15, 0.2) is 0 Å². The molecule has 9 heteroatoms. The maximum atomic E-state index is 13.5. The van der Waals surface area contributed by atoms with Crippen molar-refractivity contribution in [3.63, 3.8) is 0 Å². The summed E-state index contributed by atoms with van der Waals surface area (Å²) in [7, 11) is 0. The molecule has 132 valence electrons. The van der Waals surface area contributed by atoms with Crippen LogP contribution in [0.25, 0.3) is 0 Å². The van der Waals surface area contributed by atoms with Gasteiger partial charge in [0.15, 0.2) is 0 Å². The lowest BCUT2D eigenvalue weighted by atomic mass is 9.53. The van der Waals surface area contributed by atoms with Crippen LogP contribution in [0.3, 0.4) is 0 Å². The largest absolute Gasteiger partial charge is 0.460 e. The molecule has 4 bridgehead atoms.